The van der Waals surface area contributed by atoms with Crippen LogP contribution in [0.25, 0.3) is 0 Å². The van der Waals surface area contributed by atoms with Crippen molar-refractivity contribution in [3.63, 3.8) is 0 Å². The summed E-state index contributed by atoms with van der Waals surface area (Å²) in [5.41, 5.74) is 1.27. The van der Waals surface area contributed by atoms with Crippen molar-refractivity contribution in [1.82, 2.24) is 24.8 Å². The van der Waals surface area contributed by atoms with Gasteiger partial charge in [0.1, 0.15) is 5.75 Å². The largest absolute Gasteiger partial charge is 0.497 e. The zero-order chi connectivity index (χ0) is 22.3. The molecule has 3 heterocycles. The van der Waals surface area contributed by atoms with Crippen molar-refractivity contribution in [2.45, 2.75) is 17.3 Å². The number of nitrogens with one attached hydrogen (secondary N) is 1. The Morgan fingerprint density at radius 3 is 2.66 bits per heavy atom. The summed E-state index contributed by atoms with van der Waals surface area (Å²) in [5.74, 6) is 2.04. The van der Waals surface area contributed by atoms with Gasteiger partial charge in [0.25, 0.3) is 5.56 Å². The highest BCUT2D eigenvalue weighted by Crippen LogP contribution is 2.21. The van der Waals surface area contributed by atoms with Gasteiger partial charge in [0, 0.05) is 50.4 Å². The van der Waals surface area contributed by atoms with Gasteiger partial charge in [-0.05, 0) is 23.8 Å². The van der Waals surface area contributed by atoms with E-state index in [1.807, 2.05) is 24.3 Å². The predicted molar refractivity (Wildman–Crippen MR) is 122 cm³/mol. The second-order valence-electron chi connectivity index (χ2n) is 7.28. The molecule has 1 aliphatic rings. The standard InChI is InChI=1S/C22H24N6O3S/c1-31-18-5-2-4-16(12-18)15-32-22-25-17(13-19(29)26-22)14-20(30)27-8-10-28(11-9-27)21-23-6-3-7-24-21/h2-7,12-13H,8-11,14-15H2,1H3,(H,25,26,29). The van der Waals surface area contributed by atoms with Gasteiger partial charge in [0.15, 0.2) is 5.16 Å². The van der Waals surface area contributed by atoms with Crippen LogP contribution in [0.1, 0.15) is 11.3 Å². The number of hydrogen-bond donors (Lipinski definition) is 1. The maximum absolute atomic E-state index is 12.8. The molecule has 9 nitrogen and oxygen atoms in total. The first-order valence-electron chi connectivity index (χ1n) is 10.3. The van der Waals surface area contributed by atoms with E-state index in [0.717, 1.165) is 11.3 Å². The van der Waals surface area contributed by atoms with Gasteiger partial charge in [-0.3, -0.25) is 9.59 Å². The number of benzene rings is 1. The third-order valence-electron chi connectivity index (χ3n) is 5.08. The van der Waals surface area contributed by atoms with Crippen molar-refractivity contribution in [1.29, 1.82) is 0 Å². The number of aromatic nitrogens is 4. The van der Waals surface area contributed by atoms with Gasteiger partial charge >= 0.3 is 0 Å². The van der Waals surface area contributed by atoms with Crippen LogP contribution < -0.4 is 15.2 Å². The van der Waals surface area contributed by atoms with Gasteiger partial charge < -0.3 is 19.5 Å². The highest BCUT2D eigenvalue weighted by Gasteiger charge is 2.23. The molecule has 2 aromatic heterocycles. The van der Waals surface area contributed by atoms with E-state index in [1.165, 1.54) is 17.8 Å². The fraction of sp³-hybridized carbons (Fsp3) is 0.318. The first-order chi connectivity index (χ1) is 15.6. The fourth-order valence-electron chi connectivity index (χ4n) is 3.43. The average Bonchev–Trinajstić information content (AvgIpc) is 2.83. The second kappa shape index (κ2) is 10.3. The monoisotopic (exact) mass is 452 g/mol. The summed E-state index contributed by atoms with van der Waals surface area (Å²) in [7, 11) is 1.63. The quantitative estimate of drug-likeness (QED) is 0.427. The molecule has 166 valence electrons. The number of piperazine rings is 1. The molecule has 4 rings (SSSR count). The Morgan fingerprint density at radius 2 is 1.91 bits per heavy atom. The lowest BCUT2D eigenvalue weighted by Crippen LogP contribution is -2.49. The van der Waals surface area contributed by atoms with E-state index in [1.54, 1.807) is 30.5 Å². The zero-order valence-corrected chi connectivity index (χ0v) is 18.5. The molecular formula is C22H24N6O3S. The van der Waals surface area contributed by atoms with Gasteiger partial charge in [0.05, 0.1) is 19.2 Å². The molecule has 0 unspecified atom stereocenters. The molecule has 1 fully saturated rings. The summed E-state index contributed by atoms with van der Waals surface area (Å²) < 4.78 is 5.24. The molecule has 1 aliphatic heterocycles. The highest BCUT2D eigenvalue weighted by atomic mass is 32.2. The van der Waals surface area contributed by atoms with Gasteiger partial charge in [-0.25, -0.2) is 15.0 Å². The van der Waals surface area contributed by atoms with Crippen LogP contribution in [0, 0.1) is 0 Å². The minimum Gasteiger partial charge on any atom is -0.497 e. The highest BCUT2D eigenvalue weighted by molar-refractivity contribution is 7.98. The Bertz CT molecular complexity index is 1120. The number of anilines is 1. The van der Waals surface area contributed by atoms with E-state index in [9.17, 15) is 9.59 Å². The first-order valence-corrected chi connectivity index (χ1v) is 11.2. The van der Waals surface area contributed by atoms with Gasteiger partial charge in [-0.1, -0.05) is 23.9 Å². The molecule has 3 aromatic rings. The van der Waals surface area contributed by atoms with E-state index < -0.39 is 0 Å². The molecule has 1 N–H and O–H groups in total. The minimum absolute atomic E-state index is 0.0412. The lowest BCUT2D eigenvalue weighted by molar-refractivity contribution is -0.130. The van der Waals surface area contributed by atoms with Crippen molar-refractivity contribution >= 4 is 23.6 Å². The predicted octanol–water partition coefficient (Wildman–Crippen LogP) is 1.75. The number of aromatic amines is 1. The zero-order valence-electron chi connectivity index (χ0n) is 17.7. The van der Waals surface area contributed by atoms with E-state index >= 15 is 0 Å². The van der Waals surface area contributed by atoms with Gasteiger partial charge in [-0.15, -0.1) is 0 Å². The van der Waals surface area contributed by atoms with Crippen LogP contribution in [-0.2, 0) is 17.0 Å². The molecule has 0 atom stereocenters. The molecule has 1 aromatic carbocycles. The lowest BCUT2D eigenvalue weighted by atomic mass is 10.2. The van der Waals surface area contributed by atoms with Gasteiger partial charge in [0.2, 0.25) is 11.9 Å². The third kappa shape index (κ3) is 5.64. The van der Waals surface area contributed by atoms with Gasteiger partial charge in [-0.2, -0.15) is 0 Å². The Hall–Kier alpha value is -3.40. The maximum atomic E-state index is 12.8. The summed E-state index contributed by atoms with van der Waals surface area (Å²) in [6.45, 7) is 2.50. The summed E-state index contributed by atoms with van der Waals surface area (Å²) in [4.78, 5) is 44.5. The van der Waals surface area contributed by atoms with E-state index in [0.29, 0.717) is 48.7 Å². The molecule has 10 heteroatoms. The van der Waals surface area contributed by atoms with Crippen LogP contribution >= 0.6 is 11.8 Å². The summed E-state index contributed by atoms with van der Waals surface area (Å²) in [6.07, 6.45) is 3.52. The van der Waals surface area contributed by atoms with E-state index in [2.05, 4.69) is 24.8 Å². The topological polar surface area (TPSA) is 104 Å². The number of rotatable bonds is 7. The van der Waals surface area contributed by atoms with Crippen molar-refractivity contribution < 1.29 is 9.53 Å². The molecule has 0 spiro atoms. The molecule has 0 aliphatic carbocycles. The number of carbonyl (C=O) groups is 1. The fourth-order valence-corrected chi connectivity index (χ4v) is 4.27. The van der Waals surface area contributed by atoms with Crippen LogP contribution in [0.3, 0.4) is 0 Å². The van der Waals surface area contributed by atoms with Crippen molar-refractivity contribution in [3.8, 4) is 5.75 Å². The van der Waals surface area contributed by atoms with Crippen molar-refractivity contribution in [3.05, 3.63) is 70.4 Å². The molecule has 1 saturated heterocycles. The number of thioether (sulfide) groups is 1. The molecule has 1 amide bonds. The summed E-state index contributed by atoms with van der Waals surface area (Å²) in [6, 6.07) is 10.9. The molecule has 0 saturated carbocycles. The minimum atomic E-state index is -0.262. The molecular weight excluding hydrogens is 428 g/mol. The number of hydrogen-bond acceptors (Lipinski definition) is 8. The van der Waals surface area contributed by atoms with Crippen LogP contribution in [0.2, 0.25) is 0 Å². The number of nitrogens with zero attached hydrogens (tertiary/aromatic N) is 5. The smallest absolute Gasteiger partial charge is 0.251 e. The number of H-pyrrole nitrogens is 1. The Labute approximate surface area is 189 Å². The second-order valence-corrected chi connectivity index (χ2v) is 8.24. The molecule has 32 heavy (non-hydrogen) atoms. The third-order valence-corrected chi connectivity index (χ3v) is 6.03. The van der Waals surface area contributed by atoms with Crippen molar-refractivity contribution in [2.24, 2.45) is 0 Å². The SMILES string of the molecule is COc1cccc(CSc2nc(CC(=O)N3CCN(c4ncccn4)CC3)cc(=O)[nH]2)c1. The number of methoxy groups -OCH3 is 1. The Morgan fingerprint density at radius 1 is 1.12 bits per heavy atom. The molecule has 0 radical (unpaired) electrons. The first kappa shape index (κ1) is 21.8. The number of ether oxygens (including phenoxy) is 1. The lowest BCUT2D eigenvalue weighted by Gasteiger charge is -2.34. The van der Waals surface area contributed by atoms with Crippen LogP contribution in [0.4, 0.5) is 5.95 Å². The molecule has 0 bridgehead atoms. The van der Waals surface area contributed by atoms with E-state index in [-0.39, 0.29) is 17.9 Å². The normalized spacial score (nSPS) is 13.8. The Balaban J connectivity index is 1.34. The van der Waals surface area contributed by atoms with Crippen LogP contribution in [0.15, 0.2) is 58.7 Å². The van der Waals surface area contributed by atoms with Crippen molar-refractivity contribution in [2.75, 3.05) is 38.2 Å². The van der Waals surface area contributed by atoms with Crippen LogP contribution in [-0.4, -0.2) is 64.0 Å². The summed E-state index contributed by atoms with van der Waals surface area (Å²) >= 11 is 1.41. The number of amides is 1. The number of carbonyl (C=O) groups excluding carboxylic acids is 1. The maximum Gasteiger partial charge on any atom is 0.251 e. The Kier molecular flexibility index (Phi) is 7.00. The summed E-state index contributed by atoms with van der Waals surface area (Å²) in [5, 5.41) is 0.495. The average molecular weight is 453 g/mol. The van der Waals surface area contributed by atoms with E-state index in [4.69, 9.17) is 4.74 Å². The van der Waals surface area contributed by atoms with Crippen LogP contribution in [0.5, 0.6) is 5.75 Å².